The number of halogens is 2. The summed E-state index contributed by atoms with van der Waals surface area (Å²) < 4.78 is 27.0. The van der Waals surface area contributed by atoms with Gasteiger partial charge in [0.2, 0.25) is 10.0 Å². The van der Waals surface area contributed by atoms with E-state index in [-0.39, 0.29) is 10.9 Å². The molecule has 1 aromatic carbocycles. The van der Waals surface area contributed by atoms with E-state index in [2.05, 4.69) is 15.9 Å². The Morgan fingerprint density at radius 3 is 2.79 bits per heavy atom. The summed E-state index contributed by atoms with van der Waals surface area (Å²) in [4.78, 5) is 0.285. The molecule has 1 aliphatic rings. The minimum atomic E-state index is -3.45. The van der Waals surface area contributed by atoms with Crippen molar-refractivity contribution in [2.75, 3.05) is 11.9 Å². The van der Waals surface area contributed by atoms with Gasteiger partial charge in [-0.2, -0.15) is 4.31 Å². The second-order valence-electron chi connectivity index (χ2n) is 4.73. The maximum atomic E-state index is 12.7. The lowest BCUT2D eigenvalue weighted by molar-refractivity contribution is 0.347. The molecule has 0 saturated carbocycles. The Labute approximate surface area is 128 Å². The molecule has 0 amide bonds. The van der Waals surface area contributed by atoms with Crippen molar-refractivity contribution in [1.82, 2.24) is 4.31 Å². The van der Waals surface area contributed by atoms with Gasteiger partial charge in [0.1, 0.15) is 0 Å². The first kappa shape index (κ1) is 15.3. The monoisotopic (exact) mass is 365 g/mol. The van der Waals surface area contributed by atoms with E-state index in [1.165, 1.54) is 6.07 Å². The molecule has 0 bridgehead atoms. The van der Waals surface area contributed by atoms with Gasteiger partial charge in [0.15, 0.2) is 0 Å². The summed E-state index contributed by atoms with van der Waals surface area (Å²) in [6.07, 6.45) is 4.00. The summed E-state index contributed by atoms with van der Waals surface area (Å²) >= 11 is 9.33. The highest BCUT2D eigenvalue weighted by Gasteiger charge is 2.31. The minimum Gasteiger partial charge on any atom is -0.207 e. The summed E-state index contributed by atoms with van der Waals surface area (Å²) in [5.41, 5.74) is 0. The predicted molar refractivity (Wildman–Crippen MR) is 81.4 cm³/mol. The number of sulfonamides is 1. The first-order valence-corrected chi connectivity index (χ1v) is 9.33. The van der Waals surface area contributed by atoms with Gasteiger partial charge in [0.25, 0.3) is 0 Å². The van der Waals surface area contributed by atoms with Gasteiger partial charge >= 0.3 is 0 Å². The van der Waals surface area contributed by atoms with Crippen LogP contribution in [0.1, 0.15) is 25.7 Å². The third-order valence-electron chi connectivity index (χ3n) is 3.40. The number of hydrogen-bond acceptors (Lipinski definition) is 2. The van der Waals surface area contributed by atoms with E-state index in [0.29, 0.717) is 16.9 Å². The molecular formula is C13H17BrClNO2S. The Morgan fingerprint density at radius 1 is 1.32 bits per heavy atom. The molecule has 19 heavy (non-hydrogen) atoms. The fourth-order valence-corrected chi connectivity index (χ4v) is 5.24. The van der Waals surface area contributed by atoms with E-state index in [1.807, 2.05) is 0 Å². The second-order valence-corrected chi connectivity index (χ2v) is 7.71. The van der Waals surface area contributed by atoms with Crippen LogP contribution < -0.4 is 0 Å². The standard InChI is InChI=1S/C13H17BrClNO2S/c14-10-12-6-2-1-3-8-16(12)19(17,18)13-7-4-5-11(15)9-13/h4-5,7,9,12H,1-3,6,8,10H2. The van der Waals surface area contributed by atoms with Crippen LogP contribution in [0.2, 0.25) is 5.02 Å². The number of nitrogens with zero attached hydrogens (tertiary/aromatic N) is 1. The molecule has 0 aromatic heterocycles. The average Bonchev–Trinajstić information content (AvgIpc) is 2.64. The van der Waals surface area contributed by atoms with Crippen LogP contribution in [0.25, 0.3) is 0 Å². The summed E-state index contributed by atoms with van der Waals surface area (Å²) in [5.74, 6) is 0. The SMILES string of the molecule is O=S(=O)(c1cccc(Cl)c1)N1CCCCCC1CBr. The summed E-state index contributed by atoms with van der Waals surface area (Å²) in [5, 5.41) is 1.12. The molecule has 0 spiro atoms. The van der Waals surface area contributed by atoms with Crippen molar-refractivity contribution >= 4 is 37.6 Å². The van der Waals surface area contributed by atoms with Gasteiger partial charge in [0, 0.05) is 22.9 Å². The lowest BCUT2D eigenvalue weighted by atomic mass is 10.1. The largest absolute Gasteiger partial charge is 0.243 e. The normalized spacial score (nSPS) is 22.1. The van der Waals surface area contributed by atoms with Gasteiger partial charge in [-0.3, -0.25) is 0 Å². The molecule has 0 radical (unpaired) electrons. The average molecular weight is 367 g/mol. The zero-order valence-electron chi connectivity index (χ0n) is 10.6. The van der Waals surface area contributed by atoms with Crippen molar-refractivity contribution < 1.29 is 8.42 Å². The van der Waals surface area contributed by atoms with E-state index in [4.69, 9.17) is 11.6 Å². The summed E-state index contributed by atoms with van der Waals surface area (Å²) in [6, 6.07) is 6.53. The van der Waals surface area contributed by atoms with Crippen LogP contribution in [0, 0.1) is 0 Å². The molecule has 1 aliphatic heterocycles. The van der Waals surface area contributed by atoms with Gasteiger partial charge in [-0.25, -0.2) is 8.42 Å². The molecule has 1 heterocycles. The van der Waals surface area contributed by atoms with Gasteiger partial charge in [-0.05, 0) is 31.0 Å². The molecule has 1 saturated heterocycles. The first-order chi connectivity index (χ1) is 9.05. The van der Waals surface area contributed by atoms with Crippen LogP contribution in [0.15, 0.2) is 29.2 Å². The Bertz CT molecular complexity index is 535. The van der Waals surface area contributed by atoms with Crippen molar-refractivity contribution in [3.05, 3.63) is 29.3 Å². The Balaban J connectivity index is 2.36. The predicted octanol–water partition coefficient (Wildman–Crippen LogP) is 3.67. The van der Waals surface area contributed by atoms with Gasteiger partial charge in [0.05, 0.1) is 4.90 Å². The molecular weight excluding hydrogens is 350 g/mol. The first-order valence-electron chi connectivity index (χ1n) is 6.39. The van der Waals surface area contributed by atoms with E-state index in [1.54, 1.807) is 22.5 Å². The highest BCUT2D eigenvalue weighted by molar-refractivity contribution is 9.09. The van der Waals surface area contributed by atoms with E-state index in [9.17, 15) is 8.42 Å². The van der Waals surface area contributed by atoms with E-state index >= 15 is 0 Å². The maximum Gasteiger partial charge on any atom is 0.243 e. The fraction of sp³-hybridized carbons (Fsp3) is 0.538. The van der Waals surface area contributed by atoms with Crippen molar-refractivity contribution in [2.45, 2.75) is 36.6 Å². The van der Waals surface area contributed by atoms with Crippen LogP contribution in [-0.4, -0.2) is 30.6 Å². The van der Waals surface area contributed by atoms with Crippen LogP contribution in [0.5, 0.6) is 0 Å². The number of alkyl halides is 1. The Kier molecular flexibility index (Phi) is 5.29. The molecule has 3 nitrogen and oxygen atoms in total. The van der Waals surface area contributed by atoms with Gasteiger partial charge < -0.3 is 0 Å². The Morgan fingerprint density at radius 2 is 2.11 bits per heavy atom. The maximum absolute atomic E-state index is 12.7. The van der Waals surface area contributed by atoms with Crippen molar-refractivity contribution in [3.8, 4) is 0 Å². The van der Waals surface area contributed by atoms with Gasteiger partial charge in [-0.15, -0.1) is 0 Å². The molecule has 1 atom stereocenters. The van der Waals surface area contributed by atoms with Crippen molar-refractivity contribution in [2.24, 2.45) is 0 Å². The lowest BCUT2D eigenvalue weighted by Gasteiger charge is -2.27. The zero-order chi connectivity index (χ0) is 13.9. The summed E-state index contributed by atoms with van der Waals surface area (Å²) in [7, 11) is -3.45. The molecule has 1 fully saturated rings. The molecule has 6 heteroatoms. The van der Waals surface area contributed by atoms with Gasteiger partial charge in [-0.1, -0.05) is 46.4 Å². The zero-order valence-corrected chi connectivity index (χ0v) is 13.7. The van der Waals surface area contributed by atoms with Crippen LogP contribution >= 0.6 is 27.5 Å². The molecule has 1 unspecified atom stereocenters. The minimum absolute atomic E-state index is 0.0338. The van der Waals surface area contributed by atoms with Crippen molar-refractivity contribution in [3.63, 3.8) is 0 Å². The van der Waals surface area contributed by atoms with Crippen molar-refractivity contribution in [1.29, 1.82) is 0 Å². The molecule has 1 aromatic rings. The topological polar surface area (TPSA) is 37.4 Å². The van der Waals surface area contributed by atoms with Crippen LogP contribution in [0.3, 0.4) is 0 Å². The van der Waals surface area contributed by atoms with E-state index in [0.717, 1.165) is 25.7 Å². The van der Waals surface area contributed by atoms with Crippen LogP contribution in [0.4, 0.5) is 0 Å². The smallest absolute Gasteiger partial charge is 0.207 e. The lowest BCUT2D eigenvalue weighted by Crippen LogP contribution is -2.40. The van der Waals surface area contributed by atoms with Crippen LogP contribution in [-0.2, 0) is 10.0 Å². The number of rotatable bonds is 3. The third kappa shape index (κ3) is 3.51. The number of hydrogen-bond donors (Lipinski definition) is 0. The highest BCUT2D eigenvalue weighted by Crippen LogP contribution is 2.26. The Hall–Kier alpha value is -0.100. The molecule has 2 rings (SSSR count). The molecule has 106 valence electrons. The number of benzene rings is 1. The highest BCUT2D eigenvalue weighted by atomic mass is 79.9. The molecule has 0 N–H and O–H groups in total. The quantitative estimate of drug-likeness (QED) is 0.765. The summed E-state index contributed by atoms with van der Waals surface area (Å²) in [6.45, 7) is 0.588. The molecule has 0 aliphatic carbocycles. The third-order valence-corrected chi connectivity index (χ3v) is 6.33. The fourth-order valence-electron chi connectivity index (χ4n) is 2.38. The van der Waals surface area contributed by atoms with E-state index < -0.39 is 10.0 Å². The second kappa shape index (κ2) is 6.57.